The van der Waals surface area contributed by atoms with E-state index in [9.17, 15) is 4.79 Å². The molecule has 152 valence electrons. The number of carbonyl (C=O) groups is 1. The van der Waals surface area contributed by atoms with Gasteiger partial charge in [-0.3, -0.25) is 0 Å². The van der Waals surface area contributed by atoms with Gasteiger partial charge in [-0.15, -0.1) is 0 Å². The first-order chi connectivity index (χ1) is 14.6. The van der Waals surface area contributed by atoms with Gasteiger partial charge in [0.25, 0.3) is 0 Å². The Kier molecular flexibility index (Phi) is 5.57. The number of esters is 1. The molecule has 0 fully saturated rings. The number of aromatic nitrogens is 1. The molecule has 0 atom stereocenters. The summed E-state index contributed by atoms with van der Waals surface area (Å²) in [6.07, 6.45) is 2.12. The number of hydrogen-bond donors (Lipinski definition) is 1. The number of ether oxygens (including phenoxy) is 1. The van der Waals surface area contributed by atoms with Crippen LogP contribution in [0.1, 0.15) is 29.8 Å². The minimum absolute atomic E-state index is 0.316. The highest BCUT2D eigenvalue weighted by atomic mass is 16.5. The number of methoxy groups -OCH3 is 1. The molecule has 3 aromatic carbocycles. The van der Waals surface area contributed by atoms with Crippen LogP contribution in [-0.4, -0.2) is 24.2 Å². The molecule has 0 saturated carbocycles. The van der Waals surface area contributed by atoms with Gasteiger partial charge in [0.05, 0.1) is 18.2 Å². The Balaban J connectivity index is 1.52. The molecule has 1 N–H and O–H groups in total. The van der Waals surface area contributed by atoms with E-state index in [0.29, 0.717) is 5.56 Å². The fourth-order valence-electron chi connectivity index (χ4n) is 3.91. The zero-order valence-corrected chi connectivity index (χ0v) is 17.6. The minimum atomic E-state index is -0.316. The predicted molar refractivity (Wildman–Crippen MR) is 125 cm³/mol. The standard InChI is InChI=1S/C26H26N2O2/c1-4-28-24-8-6-5-7-22(24)23-14-13-21(16-25(23)28)27-17-18(2)15-19-9-11-20(12-10-19)26(29)30-3/h5-16,27H,4,17H2,1-3H3. The number of aryl methyl sites for hydroxylation is 1. The van der Waals surface area contributed by atoms with Crippen molar-refractivity contribution in [3.05, 3.63) is 83.4 Å². The maximum atomic E-state index is 11.6. The van der Waals surface area contributed by atoms with E-state index in [1.165, 1.54) is 34.5 Å². The Morgan fingerprint density at radius 2 is 1.73 bits per heavy atom. The van der Waals surface area contributed by atoms with Crippen LogP contribution >= 0.6 is 0 Å². The smallest absolute Gasteiger partial charge is 0.337 e. The molecule has 30 heavy (non-hydrogen) atoms. The molecular weight excluding hydrogens is 372 g/mol. The molecule has 1 aromatic heterocycles. The Morgan fingerprint density at radius 3 is 2.47 bits per heavy atom. The monoisotopic (exact) mass is 398 g/mol. The lowest BCUT2D eigenvalue weighted by Gasteiger charge is -2.09. The van der Waals surface area contributed by atoms with Gasteiger partial charge in [0.15, 0.2) is 0 Å². The highest BCUT2D eigenvalue weighted by Crippen LogP contribution is 2.30. The number of nitrogens with one attached hydrogen (secondary N) is 1. The predicted octanol–water partition coefficient (Wildman–Crippen LogP) is 6.12. The number of hydrogen-bond acceptors (Lipinski definition) is 3. The van der Waals surface area contributed by atoms with Gasteiger partial charge in [-0.05, 0) is 49.7 Å². The van der Waals surface area contributed by atoms with Crippen molar-refractivity contribution >= 4 is 39.5 Å². The maximum absolute atomic E-state index is 11.6. The lowest BCUT2D eigenvalue weighted by atomic mass is 10.1. The molecule has 4 nitrogen and oxygen atoms in total. The molecule has 0 amide bonds. The second kappa shape index (κ2) is 8.46. The van der Waals surface area contributed by atoms with Crippen molar-refractivity contribution in [3.63, 3.8) is 0 Å². The third kappa shape index (κ3) is 3.81. The zero-order chi connectivity index (χ0) is 21.1. The molecule has 0 aliphatic heterocycles. The second-order valence-corrected chi connectivity index (χ2v) is 7.45. The van der Waals surface area contributed by atoms with Crippen LogP contribution in [0.3, 0.4) is 0 Å². The summed E-state index contributed by atoms with van der Waals surface area (Å²) in [4.78, 5) is 11.6. The van der Waals surface area contributed by atoms with Gasteiger partial charge in [0.1, 0.15) is 0 Å². The lowest BCUT2D eigenvalue weighted by Crippen LogP contribution is -2.03. The molecule has 0 unspecified atom stereocenters. The van der Waals surface area contributed by atoms with Crippen molar-refractivity contribution in [1.29, 1.82) is 0 Å². The van der Waals surface area contributed by atoms with E-state index in [2.05, 4.69) is 72.3 Å². The SMILES string of the molecule is CCn1c2ccccc2c2ccc(NCC(C)=Cc3ccc(C(=O)OC)cc3)cc21. The number of carbonyl (C=O) groups excluding carboxylic acids is 1. The largest absolute Gasteiger partial charge is 0.465 e. The number of anilines is 1. The van der Waals surface area contributed by atoms with Gasteiger partial charge in [-0.1, -0.05) is 48.0 Å². The third-order valence-electron chi connectivity index (χ3n) is 5.41. The highest BCUT2D eigenvalue weighted by molar-refractivity contribution is 6.08. The van der Waals surface area contributed by atoms with E-state index in [-0.39, 0.29) is 5.97 Å². The minimum Gasteiger partial charge on any atom is -0.465 e. The second-order valence-electron chi connectivity index (χ2n) is 7.45. The molecule has 0 aliphatic carbocycles. The van der Waals surface area contributed by atoms with Crippen LogP contribution in [0.2, 0.25) is 0 Å². The van der Waals surface area contributed by atoms with E-state index < -0.39 is 0 Å². The molecule has 0 aliphatic rings. The van der Waals surface area contributed by atoms with Crippen LogP contribution in [0.15, 0.2) is 72.3 Å². The van der Waals surface area contributed by atoms with Gasteiger partial charge in [-0.2, -0.15) is 0 Å². The molecule has 4 rings (SSSR count). The fourth-order valence-corrected chi connectivity index (χ4v) is 3.91. The van der Waals surface area contributed by atoms with Gasteiger partial charge in [-0.25, -0.2) is 4.79 Å². The molecule has 4 heteroatoms. The van der Waals surface area contributed by atoms with Gasteiger partial charge in [0, 0.05) is 35.1 Å². The summed E-state index contributed by atoms with van der Waals surface area (Å²) >= 11 is 0. The summed E-state index contributed by atoms with van der Waals surface area (Å²) in [5, 5.41) is 6.12. The van der Waals surface area contributed by atoms with Crippen LogP contribution in [-0.2, 0) is 11.3 Å². The van der Waals surface area contributed by atoms with Crippen molar-refractivity contribution in [2.75, 3.05) is 19.0 Å². The first kappa shape index (κ1) is 19.8. The van der Waals surface area contributed by atoms with Gasteiger partial charge >= 0.3 is 5.97 Å². The van der Waals surface area contributed by atoms with Crippen molar-refractivity contribution in [2.45, 2.75) is 20.4 Å². The molecule has 4 aromatic rings. The highest BCUT2D eigenvalue weighted by Gasteiger charge is 2.09. The summed E-state index contributed by atoms with van der Waals surface area (Å²) in [6.45, 7) is 5.97. The first-order valence-electron chi connectivity index (χ1n) is 10.2. The van der Waals surface area contributed by atoms with E-state index in [0.717, 1.165) is 24.3 Å². The van der Waals surface area contributed by atoms with Crippen LogP contribution in [0.25, 0.3) is 27.9 Å². The summed E-state index contributed by atoms with van der Waals surface area (Å²) in [7, 11) is 1.39. The number of rotatable bonds is 6. The Hall–Kier alpha value is -3.53. The average Bonchev–Trinajstić information content (AvgIpc) is 3.10. The number of para-hydroxylation sites is 1. The lowest BCUT2D eigenvalue weighted by molar-refractivity contribution is 0.0600. The molecule has 0 saturated heterocycles. The molecule has 0 radical (unpaired) electrons. The van der Waals surface area contributed by atoms with E-state index in [4.69, 9.17) is 4.74 Å². The van der Waals surface area contributed by atoms with Crippen molar-refractivity contribution in [3.8, 4) is 0 Å². The van der Waals surface area contributed by atoms with Crippen molar-refractivity contribution < 1.29 is 9.53 Å². The molecule has 0 spiro atoms. The molecular formula is C26H26N2O2. The molecule has 0 bridgehead atoms. The molecule has 1 heterocycles. The van der Waals surface area contributed by atoms with Gasteiger partial charge in [0.2, 0.25) is 0 Å². The van der Waals surface area contributed by atoms with Crippen LogP contribution in [0.5, 0.6) is 0 Å². The quantitative estimate of drug-likeness (QED) is 0.398. The number of nitrogens with zero attached hydrogens (tertiary/aromatic N) is 1. The van der Waals surface area contributed by atoms with Crippen LogP contribution < -0.4 is 5.32 Å². The maximum Gasteiger partial charge on any atom is 0.337 e. The fraction of sp³-hybridized carbons (Fsp3) is 0.192. The van der Waals surface area contributed by atoms with E-state index >= 15 is 0 Å². The summed E-state index contributed by atoms with van der Waals surface area (Å²) in [5.41, 5.74) is 6.46. The van der Waals surface area contributed by atoms with Crippen molar-refractivity contribution in [1.82, 2.24) is 4.57 Å². The van der Waals surface area contributed by atoms with Crippen LogP contribution in [0, 0.1) is 0 Å². The number of benzene rings is 3. The third-order valence-corrected chi connectivity index (χ3v) is 5.41. The van der Waals surface area contributed by atoms with Gasteiger partial charge < -0.3 is 14.6 Å². The topological polar surface area (TPSA) is 43.3 Å². The summed E-state index contributed by atoms with van der Waals surface area (Å²) in [6, 6.07) is 22.6. The Morgan fingerprint density at radius 1 is 1.00 bits per heavy atom. The first-order valence-corrected chi connectivity index (χ1v) is 10.2. The Labute approximate surface area is 176 Å². The number of fused-ring (bicyclic) bond motifs is 3. The Bertz CT molecular complexity index is 1230. The van der Waals surface area contributed by atoms with E-state index in [1.807, 2.05) is 12.1 Å². The van der Waals surface area contributed by atoms with Crippen LogP contribution in [0.4, 0.5) is 5.69 Å². The zero-order valence-electron chi connectivity index (χ0n) is 17.6. The van der Waals surface area contributed by atoms with E-state index in [1.54, 1.807) is 12.1 Å². The normalized spacial score (nSPS) is 11.8. The summed E-state index contributed by atoms with van der Waals surface area (Å²) < 4.78 is 7.11. The van der Waals surface area contributed by atoms with Crippen molar-refractivity contribution in [2.24, 2.45) is 0 Å². The average molecular weight is 399 g/mol. The summed E-state index contributed by atoms with van der Waals surface area (Å²) in [5.74, 6) is -0.316.